The van der Waals surface area contributed by atoms with Gasteiger partial charge in [-0.2, -0.15) is 0 Å². The van der Waals surface area contributed by atoms with Crippen LogP contribution in [0.4, 0.5) is 11.4 Å². The van der Waals surface area contributed by atoms with E-state index in [0.717, 1.165) is 11.1 Å². The summed E-state index contributed by atoms with van der Waals surface area (Å²) in [6.45, 7) is 8.83. The number of amidine groups is 2. The van der Waals surface area contributed by atoms with E-state index in [4.69, 9.17) is 9.98 Å². The Hall–Kier alpha value is -4.94. The second kappa shape index (κ2) is 16.8. The first kappa shape index (κ1) is 34.4. The van der Waals surface area contributed by atoms with E-state index < -0.39 is 10.5 Å². The summed E-state index contributed by atoms with van der Waals surface area (Å²) >= 11 is 2.48. The number of amides is 4. The van der Waals surface area contributed by atoms with Crippen LogP contribution in [-0.4, -0.2) is 67.4 Å². The summed E-state index contributed by atoms with van der Waals surface area (Å²) in [6.07, 6.45) is 3.28. The van der Waals surface area contributed by atoms with Gasteiger partial charge in [0.2, 0.25) is 23.6 Å². The Morgan fingerprint density at radius 1 is 0.667 bits per heavy atom. The first-order valence-corrected chi connectivity index (χ1v) is 17.2. The van der Waals surface area contributed by atoms with Crippen LogP contribution in [0.3, 0.4) is 0 Å². The van der Waals surface area contributed by atoms with Crippen LogP contribution in [0.1, 0.15) is 24.0 Å². The number of benzene rings is 3. The number of aliphatic imine (C=N–C) groups is 2. The van der Waals surface area contributed by atoms with Crippen LogP contribution in [0.15, 0.2) is 120 Å². The minimum Gasteiger partial charge on any atom is -0.352 e. The van der Waals surface area contributed by atoms with Gasteiger partial charge in [-0.1, -0.05) is 102 Å². The SMILES string of the molecule is C=CCN1C(=O)C(CC(=O)NCc2ccccc2)SC1=Nc1cccc(N=C2SC(CC(=O)NCc3ccccc3)C(=O)N2CC=C)c1. The zero-order chi connectivity index (χ0) is 33.9. The first-order valence-electron chi connectivity index (χ1n) is 15.4. The Morgan fingerprint density at radius 2 is 1.08 bits per heavy atom. The van der Waals surface area contributed by atoms with Crippen LogP contribution >= 0.6 is 23.5 Å². The van der Waals surface area contributed by atoms with Crippen molar-refractivity contribution in [2.75, 3.05) is 13.1 Å². The normalized spacial score (nSPS) is 19.2. The van der Waals surface area contributed by atoms with Gasteiger partial charge in [-0.15, -0.1) is 13.2 Å². The molecule has 0 bridgehead atoms. The van der Waals surface area contributed by atoms with Crippen molar-refractivity contribution < 1.29 is 19.2 Å². The van der Waals surface area contributed by atoms with Crippen LogP contribution in [0, 0.1) is 0 Å². The van der Waals surface area contributed by atoms with Gasteiger partial charge in [0.1, 0.15) is 10.5 Å². The van der Waals surface area contributed by atoms with Crippen molar-refractivity contribution in [3.05, 3.63) is 121 Å². The molecule has 12 heteroatoms. The molecule has 0 aromatic heterocycles. The predicted octanol–water partition coefficient (Wildman–Crippen LogP) is 5.33. The second-order valence-corrected chi connectivity index (χ2v) is 13.3. The highest BCUT2D eigenvalue weighted by Crippen LogP contribution is 2.34. The molecule has 2 saturated heterocycles. The molecule has 0 saturated carbocycles. The molecule has 0 spiro atoms. The highest BCUT2D eigenvalue weighted by molar-refractivity contribution is 8.15. The van der Waals surface area contributed by atoms with E-state index in [1.807, 2.05) is 60.7 Å². The Kier molecular flexibility index (Phi) is 12.0. The number of hydrogen-bond donors (Lipinski definition) is 2. The topological polar surface area (TPSA) is 124 Å². The van der Waals surface area contributed by atoms with Crippen molar-refractivity contribution in [3.63, 3.8) is 0 Å². The first-order chi connectivity index (χ1) is 23.3. The van der Waals surface area contributed by atoms with E-state index in [-0.39, 0.29) is 49.6 Å². The van der Waals surface area contributed by atoms with Crippen LogP contribution in [-0.2, 0) is 32.3 Å². The molecule has 2 fully saturated rings. The highest BCUT2D eigenvalue weighted by atomic mass is 32.2. The maximum absolute atomic E-state index is 13.2. The lowest BCUT2D eigenvalue weighted by Crippen LogP contribution is -2.34. The molecule has 10 nitrogen and oxygen atoms in total. The third-order valence-electron chi connectivity index (χ3n) is 7.35. The fourth-order valence-electron chi connectivity index (χ4n) is 4.97. The standard InChI is InChI=1S/C36H36N6O4S2/c1-3-18-41-33(45)29(21-31(43)37-23-25-12-7-5-8-13-25)47-35(41)39-27-16-11-17-28(20-27)40-36-42(19-4-2)34(46)30(48-36)22-32(44)38-24-26-14-9-6-10-15-26/h3-17,20,29-30H,1-2,18-19,21-24H2,(H,37,43)(H,38,44). The molecule has 2 atom stereocenters. The molecule has 0 radical (unpaired) electrons. The quantitative estimate of drug-likeness (QED) is 0.222. The average Bonchev–Trinajstić information content (AvgIpc) is 3.53. The number of nitrogens with zero attached hydrogens (tertiary/aromatic N) is 4. The zero-order valence-corrected chi connectivity index (χ0v) is 27.9. The molecule has 3 aromatic rings. The van der Waals surface area contributed by atoms with Gasteiger partial charge in [0.05, 0.1) is 11.4 Å². The predicted molar refractivity (Wildman–Crippen MR) is 193 cm³/mol. The van der Waals surface area contributed by atoms with Gasteiger partial charge in [-0.25, -0.2) is 9.98 Å². The molecule has 2 aliphatic heterocycles. The Bertz CT molecular complexity index is 1610. The van der Waals surface area contributed by atoms with Crippen molar-refractivity contribution in [1.29, 1.82) is 0 Å². The number of hydrogen-bond acceptors (Lipinski definition) is 8. The maximum Gasteiger partial charge on any atom is 0.242 e. The molecule has 2 aliphatic rings. The monoisotopic (exact) mass is 680 g/mol. The summed E-state index contributed by atoms with van der Waals surface area (Å²) < 4.78 is 0. The minimum atomic E-state index is -0.613. The van der Waals surface area contributed by atoms with Gasteiger partial charge in [0.15, 0.2) is 10.3 Å². The van der Waals surface area contributed by atoms with Gasteiger partial charge in [0.25, 0.3) is 0 Å². The van der Waals surface area contributed by atoms with Crippen molar-refractivity contribution in [2.24, 2.45) is 9.98 Å². The summed E-state index contributed by atoms with van der Waals surface area (Å²) in [5, 5.41) is 5.47. The summed E-state index contributed by atoms with van der Waals surface area (Å²) in [7, 11) is 0. The molecule has 3 aromatic carbocycles. The molecular weight excluding hydrogens is 645 g/mol. The van der Waals surface area contributed by atoms with Gasteiger partial charge in [0, 0.05) is 39.0 Å². The van der Waals surface area contributed by atoms with E-state index in [0.29, 0.717) is 34.8 Å². The molecule has 2 heterocycles. The number of carbonyl (C=O) groups excluding carboxylic acids is 4. The molecule has 2 N–H and O–H groups in total. The van der Waals surface area contributed by atoms with Crippen molar-refractivity contribution >= 4 is 68.9 Å². The third-order valence-corrected chi connectivity index (χ3v) is 9.70. The highest BCUT2D eigenvalue weighted by Gasteiger charge is 2.39. The van der Waals surface area contributed by atoms with Crippen LogP contribution in [0.2, 0.25) is 0 Å². The van der Waals surface area contributed by atoms with Crippen molar-refractivity contribution in [2.45, 2.75) is 36.4 Å². The van der Waals surface area contributed by atoms with Crippen molar-refractivity contribution in [3.8, 4) is 0 Å². The summed E-state index contributed by atoms with van der Waals surface area (Å²) in [6, 6.07) is 26.3. The van der Waals surface area contributed by atoms with Crippen LogP contribution < -0.4 is 10.6 Å². The van der Waals surface area contributed by atoms with Crippen LogP contribution in [0.5, 0.6) is 0 Å². The smallest absolute Gasteiger partial charge is 0.242 e. The Balaban J connectivity index is 1.26. The van der Waals surface area contributed by atoms with E-state index in [2.05, 4.69) is 23.8 Å². The van der Waals surface area contributed by atoms with E-state index in [9.17, 15) is 19.2 Å². The number of thioether (sulfide) groups is 2. The fraction of sp³-hybridized carbons (Fsp3) is 0.222. The lowest BCUT2D eigenvalue weighted by Gasteiger charge is -2.14. The molecule has 48 heavy (non-hydrogen) atoms. The second-order valence-electron chi connectivity index (χ2n) is 10.9. The van der Waals surface area contributed by atoms with Gasteiger partial charge < -0.3 is 10.6 Å². The summed E-state index contributed by atoms with van der Waals surface area (Å²) in [5.41, 5.74) is 3.06. The van der Waals surface area contributed by atoms with Crippen LogP contribution in [0.25, 0.3) is 0 Å². The average molecular weight is 681 g/mol. The minimum absolute atomic E-state index is 0.0204. The van der Waals surface area contributed by atoms with E-state index in [1.54, 1.807) is 36.4 Å². The van der Waals surface area contributed by atoms with E-state index >= 15 is 0 Å². The summed E-state index contributed by atoms with van der Waals surface area (Å²) in [4.78, 5) is 64.4. The number of carbonyl (C=O) groups is 4. The molecular formula is C36H36N6O4S2. The largest absolute Gasteiger partial charge is 0.352 e. The van der Waals surface area contributed by atoms with Gasteiger partial charge >= 0.3 is 0 Å². The molecule has 4 amide bonds. The zero-order valence-electron chi connectivity index (χ0n) is 26.3. The van der Waals surface area contributed by atoms with Gasteiger partial charge in [-0.05, 0) is 29.3 Å². The van der Waals surface area contributed by atoms with E-state index in [1.165, 1.54) is 33.3 Å². The number of rotatable bonds is 14. The molecule has 5 rings (SSSR count). The Labute approximate surface area is 288 Å². The Morgan fingerprint density at radius 3 is 1.48 bits per heavy atom. The third kappa shape index (κ3) is 9.11. The fourth-order valence-corrected chi connectivity index (χ4v) is 7.31. The lowest BCUT2D eigenvalue weighted by atomic mass is 10.2. The maximum atomic E-state index is 13.2. The lowest BCUT2D eigenvalue weighted by molar-refractivity contribution is -0.129. The van der Waals surface area contributed by atoms with Gasteiger partial charge in [-0.3, -0.25) is 29.0 Å². The summed E-state index contributed by atoms with van der Waals surface area (Å²) in [5.74, 6) is -0.849. The number of nitrogens with one attached hydrogen (secondary N) is 2. The molecule has 246 valence electrons. The molecule has 0 aliphatic carbocycles. The van der Waals surface area contributed by atoms with Crippen molar-refractivity contribution in [1.82, 2.24) is 20.4 Å². The molecule has 2 unspecified atom stereocenters.